The highest BCUT2D eigenvalue weighted by atomic mass is 32.2. The summed E-state index contributed by atoms with van der Waals surface area (Å²) in [5, 5.41) is 1.10. The smallest absolute Gasteiger partial charge is 0.302 e. The molecule has 166 valence electrons. The zero-order valence-corrected chi connectivity index (χ0v) is 18.7. The lowest BCUT2D eigenvalue weighted by Gasteiger charge is -2.21. The van der Waals surface area contributed by atoms with Crippen LogP contribution in [0.4, 0.5) is 13.2 Å². The largest absolute Gasteiger partial charge is 0.416 e. The maximum atomic E-state index is 13.6. The highest BCUT2D eigenvalue weighted by Gasteiger charge is 2.32. The summed E-state index contributed by atoms with van der Waals surface area (Å²) in [6, 6.07) is 12.2. The monoisotopic (exact) mass is 476 g/mol. The molecule has 2 aromatic carbocycles. The number of halogens is 3. The van der Waals surface area contributed by atoms with Gasteiger partial charge >= 0.3 is 6.18 Å². The molecule has 0 saturated carbocycles. The van der Waals surface area contributed by atoms with Gasteiger partial charge in [-0.15, -0.1) is 11.3 Å². The van der Waals surface area contributed by atoms with E-state index in [1.54, 1.807) is 6.07 Å². The maximum Gasteiger partial charge on any atom is 0.416 e. The molecule has 0 unspecified atom stereocenters. The van der Waals surface area contributed by atoms with Crippen molar-refractivity contribution in [3.8, 4) is 0 Å². The predicted octanol–water partition coefficient (Wildman–Crippen LogP) is 5.83. The fourth-order valence-corrected chi connectivity index (χ4v) is 6.89. The van der Waals surface area contributed by atoms with E-state index in [0.717, 1.165) is 49.6 Å². The molecule has 0 amide bonds. The summed E-state index contributed by atoms with van der Waals surface area (Å²) < 4.78 is 69.5. The number of hydrogen-bond donors (Lipinski definition) is 0. The summed E-state index contributed by atoms with van der Waals surface area (Å²) in [6.45, 7) is 1.41. The van der Waals surface area contributed by atoms with E-state index in [1.165, 1.54) is 12.3 Å². The number of rotatable bonds is 3. The maximum absolute atomic E-state index is 13.6. The Morgan fingerprint density at radius 1 is 1.06 bits per heavy atom. The number of aromatic nitrogens is 1. The molecular weight excluding hydrogens is 457 g/mol. The van der Waals surface area contributed by atoms with Crippen molar-refractivity contribution in [3.63, 3.8) is 0 Å². The third-order valence-corrected chi connectivity index (χ3v) is 9.01. The molecule has 32 heavy (non-hydrogen) atoms. The van der Waals surface area contributed by atoms with E-state index >= 15 is 0 Å². The normalized spacial score (nSPS) is 16.1. The highest BCUT2D eigenvalue weighted by Crippen LogP contribution is 2.38. The minimum Gasteiger partial charge on any atom is -0.302 e. The quantitative estimate of drug-likeness (QED) is 0.374. The molecule has 4 aromatic rings. The van der Waals surface area contributed by atoms with Crippen molar-refractivity contribution in [1.82, 2.24) is 8.87 Å². The lowest BCUT2D eigenvalue weighted by molar-refractivity contribution is -0.137. The highest BCUT2D eigenvalue weighted by molar-refractivity contribution is 7.92. The van der Waals surface area contributed by atoms with Gasteiger partial charge in [-0.1, -0.05) is 24.3 Å². The van der Waals surface area contributed by atoms with E-state index in [9.17, 15) is 21.6 Å². The first-order valence-corrected chi connectivity index (χ1v) is 12.2. The molecule has 0 spiro atoms. The second-order valence-corrected chi connectivity index (χ2v) is 11.0. The molecule has 0 atom stereocenters. The first-order chi connectivity index (χ1) is 15.1. The predicted molar refractivity (Wildman–Crippen MR) is 121 cm³/mol. The van der Waals surface area contributed by atoms with Gasteiger partial charge in [0.2, 0.25) is 0 Å². The number of thiophene rings is 1. The van der Waals surface area contributed by atoms with Gasteiger partial charge in [-0.2, -0.15) is 21.6 Å². The summed E-state index contributed by atoms with van der Waals surface area (Å²) in [5.74, 6) is 0. The number of hydrogen-bond acceptors (Lipinski definition) is 4. The van der Waals surface area contributed by atoms with Gasteiger partial charge < -0.3 is 4.90 Å². The third kappa shape index (κ3) is 3.54. The molecule has 0 N–H and O–H groups in total. The fourth-order valence-electron chi connectivity index (χ4n) is 4.03. The van der Waals surface area contributed by atoms with Gasteiger partial charge in [0.15, 0.2) is 0 Å². The van der Waals surface area contributed by atoms with Crippen LogP contribution in [0.3, 0.4) is 0 Å². The zero-order chi connectivity index (χ0) is 22.7. The van der Waals surface area contributed by atoms with Crippen LogP contribution in [0.5, 0.6) is 0 Å². The molecule has 0 fully saturated rings. The second kappa shape index (κ2) is 7.47. The van der Waals surface area contributed by atoms with Crippen molar-refractivity contribution < 1.29 is 21.6 Å². The molecule has 0 bridgehead atoms. The molecule has 4 nitrogen and oxygen atoms in total. The Kier molecular flexibility index (Phi) is 4.96. The molecule has 0 radical (unpaired) electrons. The molecule has 2 aromatic heterocycles. The van der Waals surface area contributed by atoms with Crippen LogP contribution in [0.2, 0.25) is 0 Å². The van der Waals surface area contributed by atoms with E-state index in [-0.39, 0.29) is 9.73 Å². The summed E-state index contributed by atoms with van der Waals surface area (Å²) in [5.41, 5.74) is 0.837. The van der Waals surface area contributed by atoms with Crippen LogP contribution in [-0.4, -0.2) is 37.4 Å². The Labute approximate surface area is 187 Å². The minimum atomic E-state index is -4.51. The van der Waals surface area contributed by atoms with Gasteiger partial charge in [0.25, 0.3) is 10.0 Å². The van der Waals surface area contributed by atoms with Gasteiger partial charge in [0.05, 0.1) is 11.1 Å². The Morgan fingerprint density at radius 2 is 1.84 bits per heavy atom. The van der Waals surface area contributed by atoms with Crippen molar-refractivity contribution in [1.29, 1.82) is 0 Å². The topological polar surface area (TPSA) is 42.3 Å². The van der Waals surface area contributed by atoms with Crippen molar-refractivity contribution in [2.45, 2.75) is 16.8 Å². The third-order valence-electron chi connectivity index (χ3n) is 5.77. The van der Waals surface area contributed by atoms with Crippen molar-refractivity contribution >= 4 is 47.9 Å². The Balaban J connectivity index is 1.74. The average molecular weight is 477 g/mol. The summed E-state index contributed by atoms with van der Waals surface area (Å²) in [6.07, 6.45) is -0.454. The van der Waals surface area contributed by atoms with Crippen LogP contribution in [0.15, 0.2) is 65.0 Å². The zero-order valence-electron chi connectivity index (χ0n) is 17.1. The number of benzene rings is 2. The van der Waals surface area contributed by atoms with Crippen molar-refractivity contribution in [3.05, 3.63) is 71.9 Å². The van der Waals surface area contributed by atoms with Gasteiger partial charge in [0, 0.05) is 34.9 Å². The number of nitrogens with zero attached hydrogens (tertiary/aromatic N) is 2. The molecule has 1 aliphatic rings. The van der Waals surface area contributed by atoms with Crippen LogP contribution in [-0.2, 0) is 16.2 Å². The van der Waals surface area contributed by atoms with E-state index in [0.29, 0.717) is 23.9 Å². The fraction of sp³-hybridized carbons (Fsp3) is 0.217. The summed E-state index contributed by atoms with van der Waals surface area (Å²) in [4.78, 5) is 2.10. The Hall–Kier alpha value is -2.62. The van der Waals surface area contributed by atoms with Gasteiger partial charge in [0.1, 0.15) is 4.21 Å². The lowest BCUT2D eigenvalue weighted by atomic mass is 9.98. The molecular formula is C23H19F3N2O2S2. The summed E-state index contributed by atoms with van der Waals surface area (Å²) >= 11 is 1.15. The van der Waals surface area contributed by atoms with E-state index in [2.05, 4.69) is 4.90 Å². The van der Waals surface area contributed by atoms with Crippen molar-refractivity contribution in [2.75, 3.05) is 20.1 Å². The van der Waals surface area contributed by atoms with Crippen LogP contribution < -0.4 is 0 Å². The van der Waals surface area contributed by atoms with Crippen LogP contribution in [0.25, 0.3) is 26.6 Å². The van der Waals surface area contributed by atoms with Crippen molar-refractivity contribution in [2.24, 2.45) is 0 Å². The Bertz CT molecular complexity index is 1450. The SMILES string of the molecule is CN1CC=C(c2cn(S(=O)(=O)c3cc4ccccc4s3)c3ccc(C(F)(F)F)cc23)CC1. The first-order valence-electron chi connectivity index (χ1n) is 9.99. The minimum absolute atomic E-state index is 0.152. The molecule has 0 aliphatic carbocycles. The number of likely N-dealkylation sites (N-methyl/N-ethyl adjacent to an activating group) is 1. The van der Waals surface area contributed by atoms with Crippen LogP contribution in [0.1, 0.15) is 17.5 Å². The molecule has 5 rings (SSSR count). The molecule has 1 aliphatic heterocycles. The lowest BCUT2D eigenvalue weighted by Crippen LogP contribution is -2.23. The van der Waals surface area contributed by atoms with Gasteiger partial charge in [-0.05, 0) is 54.8 Å². The van der Waals surface area contributed by atoms with E-state index in [4.69, 9.17) is 0 Å². The first kappa shape index (κ1) is 21.2. The average Bonchev–Trinajstić information content (AvgIpc) is 3.36. The number of fused-ring (bicyclic) bond motifs is 2. The molecule has 9 heteroatoms. The standard InChI is InChI=1S/C23H19F3N2O2S2/c1-27-10-8-15(9-11-27)19-14-28(20-7-6-17(13-18(19)20)23(24,25)26)32(29,30)22-12-16-4-2-3-5-21(16)31-22/h2-8,12-14H,9-11H2,1H3. The molecule has 0 saturated heterocycles. The van der Waals surface area contributed by atoms with E-state index < -0.39 is 21.8 Å². The summed E-state index contributed by atoms with van der Waals surface area (Å²) in [7, 11) is -2.03. The van der Waals surface area contributed by atoms with E-state index in [1.807, 2.05) is 37.4 Å². The van der Waals surface area contributed by atoms with Crippen LogP contribution in [0, 0.1) is 0 Å². The van der Waals surface area contributed by atoms with Gasteiger partial charge in [-0.3, -0.25) is 0 Å². The van der Waals surface area contributed by atoms with Gasteiger partial charge in [-0.25, -0.2) is 3.97 Å². The second-order valence-electron chi connectivity index (χ2n) is 7.92. The molecule has 3 heterocycles. The number of alkyl halides is 3. The van der Waals surface area contributed by atoms with Crippen LogP contribution >= 0.6 is 11.3 Å². The Morgan fingerprint density at radius 3 is 2.53 bits per heavy atom.